The summed E-state index contributed by atoms with van der Waals surface area (Å²) in [5.41, 5.74) is -0.872. The minimum absolute atomic E-state index is 0.0219. The molecule has 0 bridgehead atoms. The maximum absolute atomic E-state index is 10.7. The molecule has 16 heavy (non-hydrogen) atoms. The third kappa shape index (κ3) is 2.26. The zero-order valence-corrected chi connectivity index (χ0v) is 8.68. The summed E-state index contributed by atoms with van der Waals surface area (Å²) in [7, 11) is 0. The molecule has 0 unspecified atom stereocenters. The van der Waals surface area contributed by atoms with Crippen molar-refractivity contribution < 1.29 is 15.0 Å². The molecule has 1 aromatic carbocycles. The van der Waals surface area contributed by atoms with Crippen LogP contribution in [0.15, 0.2) is 12.1 Å². The third-order valence-corrected chi connectivity index (χ3v) is 2.31. The molecule has 0 radical (unpaired) electrons. The number of benzene rings is 1. The molecule has 0 aromatic heterocycles. The van der Waals surface area contributed by atoms with Crippen molar-refractivity contribution >= 4 is 23.0 Å². The Balaban J connectivity index is 3.41. The Labute approximate surface area is 94.6 Å². The fourth-order valence-electron chi connectivity index (χ4n) is 1.25. The molecule has 0 aliphatic rings. The molecule has 7 nitrogen and oxygen atoms in total. The predicted octanol–water partition coefficient (Wildman–Crippen LogP) is 1.69. The van der Waals surface area contributed by atoms with Crippen molar-refractivity contribution in [2.45, 2.75) is 6.42 Å². The van der Waals surface area contributed by atoms with Crippen molar-refractivity contribution in [1.82, 2.24) is 0 Å². The van der Waals surface area contributed by atoms with Crippen LogP contribution in [0.25, 0.3) is 0 Å². The Morgan fingerprint density at radius 1 is 1.25 bits per heavy atom. The van der Waals surface area contributed by atoms with Crippen LogP contribution in [0.4, 0.5) is 11.4 Å². The number of aliphatic hydroxyl groups is 1. The van der Waals surface area contributed by atoms with Gasteiger partial charge in [-0.3, -0.25) is 20.2 Å². The van der Waals surface area contributed by atoms with Gasteiger partial charge in [0.2, 0.25) is 0 Å². The van der Waals surface area contributed by atoms with Crippen LogP contribution in [0, 0.1) is 20.2 Å². The summed E-state index contributed by atoms with van der Waals surface area (Å²) >= 11 is 5.57. The molecular formula is C8H7ClN2O5. The van der Waals surface area contributed by atoms with Crippen molar-refractivity contribution in [3.05, 3.63) is 42.9 Å². The van der Waals surface area contributed by atoms with Crippen molar-refractivity contribution in [2.24, 2.45) is 0 Å². The van der Waals surface area contributed by atoms with Crippen LogP contribution in [0.2, 0.25) is 5.02 Å². The smallest absolute Gasteiger partial charge is 0.298 e. The Morgan fingerprint density at radius 3 is 2.31 bits per heavy atom. The Morgan fingerprint density at radius 2 is 1.88 bits per heavy atom. The highest BCUT2D eigenvalue weighted by molar-refractivity contribution is 6.34. The molecule has 0 amide bonds. The molecule has 0 fully saturated rings. The largest absolute Gasteiger partial charge is 0.396 e. The number of rotatable bonds is 4. The van der Waals surface area contributed by atoms with Gasteiger partial charge in [0.05, 0.1) is 9.85 Å². The topological polar surface area (TPSA) is 107 Å². The molecule has 1 rings (SSSR count). The van der Waals surface area contributed by atoms with E-state index in [9.17, 15) is 20.2 Å². The van der Waals surface area contributed by atoms with Gasteiger partial charge in [0.15, 0.2) is 5.02 Å². The predicted molar refractivity (Wildman–Crippen MR) is 55.6 cm³/mol. The van der Waals surface area contributed by atoms with Crippen molar-refractivity contribution in [3.8, 4) is 0 Å². The number of hydrogen-bond donors (Lipinski definition) is 1. The lowest BCUT2D eigenvalue weighted by molar-refractivity contribution is -0.394. The van der Waals surface area contributed by atoms with Gasteiger partial charge in [-0.15, -0.1) is 0 Å². The summed E-state index contributed by atoms with van der Waals surface area (Å²) in [5, 5.41) is 29.4. The SMILES string of the molecule is O=[N+]([O-])c1ccc(CCO)c([N+](=O)[O-])c1Cl. The van der Waals surface area contributed by atoms with Crippen LogP contribution in [-0.4, -0.2) is 21.6 Å². The van der Waals surface area contributed by atoms with E-state index in [1.54, 1.807) is 0 Å². The Hall–Kier alpha value is -1.73. The maximum atomic E-state index is 10.7. The van der Waals surface area contributed by atoms with E-state index >= 15 is 0 Å². The molecule has 0 heterocycles. The number of nitro benzene ring substituents is 2. The van der Waals surface area contributed by atoms with E-state index in [0.29, 0.717) is 0 Å². The number of hydrogen-bond acceptors (Lipinski definition) is 5. The fraction of sp³-hybridized carbons (Fsp3) is 0.250. The molecule has 0 aliphatic carbocycles. The first-order chi connectivity index (χ1) is 7.49. The number of nitrogens with zero attached hydrogens (tertiary/aromatic N) is 2. The highest BCUT2D eigenvalue weighted by Crippen LogP contribution is 2.36. The number of nitro groups is 2. The maximum Gasteiger partial charge on any atom is 0.298 e. The second-order valence-electron chi connectivity index (χ2n) is 2.89. The van der Waals surface area contributed by atoms with Gasteiger partial charge in [-0.1, -0.05) is 11.6 Å². The van der Waals surface area contributed by atoms with E-state index in [2.05, 4.69) is 0 Å². The van der Waals surface area contributed by atoms with E-state index < -0.39 is 26.2 Å². The van der Waals surface area contributed by atoms with Gasteiger partial charge in [0.1, 0.15) is 0 Å². The van der Waals surface area contributed by atoms with Crippen LogP contribution in [-0.2, 0) is 6.42 Å². The molecule has 0 aliphatic heterocycles. The van der Waals surface area contributed by atoms with E-state index in [1.807, 2.05) is 0 Å². The molecule has 0 atom stereocenters. The zero-order chi connectivity index (χ0) is 12.3. The van der Waals surface area contributed by atoms with E-state index in [0.717, 1.165) is 6.07 Å². The van der Waals surface area contributed by atoms with Gasteiger partial charge in [-0.2, -0.15) is 0 Å². The summed E-state index contributed by atoms with van der Waals surface area (Å²) in [5.74, 6) is 0. The van der Waals surface area contributed by atoms with Crippen LogP contribution >= 0.6 is 11.6 Å². The van der Waals surface area contributed by atoms with E-state index in [-0.39, 0.29) is 18.6 Å². The van der Waals surface area contributed by atoms with E-state index in [4.69, 9.17) is 16.7 Å². The third-order valence-electron chi connectivity index (χ3n) is 1.94. The lowest BCUT2D eigenvalue weighted by Gasteiger charge is -2.03. The number of halogens is 1. The van der Waals surface area contributed by atoms with Gasteiger partial charge in [-0.05, 0) is 6.07 Å². The minimum Gasteiger partial charge on any atom is -0.396 e. The molecular weight excluding hydrogens is 240 g/mol. The molecule has 1 aromatic rings. The monoisotopic (exact) mass is 246 g/mol. The Bertz CT molecular complexity index is 448. The molecule has 8 heteroatoms. The first-order valence-electron chi connectivity index (χ1n) is 4.20. The van der Waals surface area contributed by atoms with Gasteiger partial charge in [0, 0.05) is 24.7 Å². The van der Waals surface area contributed by atoms with Gasteiger partial charge < -0.3 is 5.11 Å². The van der Waals surface area contributed by atoms with Crippen LogP contribution in [0.3, 0.4) is 0 Å². The Kier molecular flexibility index (Phi) is 3.75. The molecule has 1 N–H and O–H groups in total. The minimum atomic E-state index is -0.794. The first-order valence-corrected chi connectivity index (χ1v) is 4.57. The van der Waals surface area contributed by atoms with Gasteiger partial charge in [0.25, 0.3) is 11.4 Å². The lowest BCUT2D eigenvalue weighted by Crippen LogP contribution is -2.01. The standard InChI is InChI=1S/C8H7ClN2O5/c9-7-6(10(13)14)2-1-5(3-4-12)8(7)11(15)16/h1-2,12H,3-4H2. The molecule has 86 valence electrons. The lowest BCUT2D eigenvalue weighted by atomic mass is 10.1. The quantitative estimate of drug-likeness (QED) is 0.643. The van der Waals surface area contributed by atoms with Crippen molar-refractivity contribution in [2.75, 3.05) is 6.61 Å². The highest BCUT2D eigenvalue weighted by atomic mass is 35.5. The highest BCUT2D eigenvalue weighted by Gasteiger charge is 2.26. The summed E-state index contributed by atoms with van der Waals surface area (Å²) in [6, 6.07) is 2.30. The van der Waals surface area contributed by atoms with Crippen molar-refractivity contribution in [1.29, 1.82) is 0 Å². The molecule has 0 saturated heterocycles. The van der Waals surface area contributed by atoms with Crippen LogP contribution in [0.1, 0.15) is 5.56 Å². The summed E-state index contributed by atoms with van der Waals surface area (Å²) in [6.07, 6.45) is 0.0219. The number of aliphatic hydroxyl groups excluding tert-OH is 1. The fourth-order valence-corrected chi connectivity index (χ4v) is 1.58. The zero-order valence-electron chi connectivity index (χ0n) is 7.92. The second-order valence-corrected chi connectivity index (χ2v) is 3.27. The van der Waals surface area contributed by atoms with Gasteiger partial charge in [-0.25, -0.2) is 0 Å². The van der Waals surface area contributed by atoms with Crippen molar-refractivity contribution in [3.63, 3.8) is 0 Å². The average molecular weight is 247 g/mol. The molecule has 0 saturated carbocycles. The van der Waals surface area contributed by atoms with Gasteiger partial charge >= 0.3 is 0 Å². The summed E-state index contributed by atoms with van der Waals surface area (Å²) < 4.78 is 0. The normalized spacial score (nSPS) is 10.1. The summed E-state index contributed by atoms with van der Waals surface area (Å²) in [4.78, 5) is 19.6. The summed E-state index contributed by atoms with van der Waals surface area (Å²) in [6.45, 7) is -0.297. The van der Waals surface area contributed by atoms with Crippen LogP contribution in [0.5, 0.6) is 0 Å². The van der Waals surface area contributed by atoms with E-state index in [1.165, 1.54) is 6.07 Å². The van der Waals surface area contributed by atoms with Crippen LogP contribution < -0.4 is 0 Å². The molecule has 0 spiro atoms. The second kappa shape index (κ2) is 4.86. The first kappa shape index (κ1) is 12.3. The average Bonchev–Trinajstić information content (AvgIpc) is 2.17.